The average Bonchev–Trinajstić information content (AvgIpc) is 2.65. The van der Waals surface area contributed by atoms with Gasteiger partial charge >= 0.3 is 0 Å². The molecule has 0 unspecified atom stereocenters. The van der Waals surface area contributed by atoms with Gasteiger partial charge in [0.2, 0.25) is 0 Å². The van der Waals surface area contributed by atoms with Gasteiger partial charge in [0, 0.05) is 6.54 Å². The van der Waals surface area contributed by atoms with E-state index < -0.39 is 0 Å². The highest BCUT2D eigenvalue weighted by atomic mass is 16.3. The van der Waals surface area contributed by atoms with Gasteiger partial charge in [-0.15, -0.1) is 0 Å². The van der Waals surface area contributed by atoms with Gasteiger partial charge in [-0.3, -0.25) is 4.90 Å². The minimum Gasteiger partial charge on any atom is -0.463 e. The maximum Gasteiger partial charge on any atom is 0.120 e. The van der Waals surface area contributed by atoms with Crippen molar-refractivity contribution in [2.75, 3.05) is 19.6 Å². The van der Waals surface area contributed by atoms with Crippen molar-refractivity contribution in [1.82, 2.24) is 10.2 Å². The van der Waals surface area contributed by atoms with Gasteiger partial charge in [0.05, 0.1) is 13.1 Å². The Hall–Kier alpha value is -0.800. The Labute approximate surface area is 117 Å². The van der Waals surface area contributed by atoms with Crippen molar-refractivity contribution in [2.24, 2.45) is 5.41 Å². The lowest BCUT2D eigenvalue weighted by molar-refractivity contribution is 0.104. The number of hydrogen-bond donors (Lipinski definition) is 1. The largest absolute Gasteiger partial charge is 0.463 e. The normalized spacial score (nSPS) is 19.8. The van der Waals surface area contributed by atoms with Gasteiger partial charge in [-0.1, -0.05) is 20.8 Å². The van der Waals surface area contributed by atoms with Crippen LogP contribution in [0.3, 0.4) is 0 Å². The fraction of sp³-hybridized carbons (Fsp3) is 0.750. The molecule has 2 rings (SSSR count). The quantitative estimate of drug-likeness (QED) is 0.884. The summed E-state index contributed by atoms with van der Waals surface area (Å²) in [7, 11) is 0. The molecule has 0 spiro atoms. The molecule has 1 aliphatic rings. The zero-order valence-corrected chi connectivity index (χ0v) is 12.9. The Morgan fingerprint density at radius 2 is 2.21 bits per heavy atom. The van der Waals surface area contributed by atoms with E-state index in [1.54, 1.807) is 0 Å². The molecule has 0 radical (unpaired) electrons. The summed E-state index contributed by atoms with van der Waals surface area (Å²) in [6.07, 6.45) is 2.64. The van der Waals surface area contributed by atoms with E-state index >= 15 is 0 Å². The van der Waals surface area contributed by atoms with E-state index in [-0.39, 0.29) is 0 Å². The fourth-order valence-corrected chi connectivity index (χ4v) is 2.98. The van der Waals surface area contributed by atoms with Crippen molar-refractivity contribution in [1.29, 1.82) is 0 Å². The van der Waals surface area contributed by atoms with Gasteiger partial charge in [-0.25, -0.2) is 0 Å². The molecular formula is C16H28N2O. The molecule has 0 aliphatic carbocycles. The Morgan fingerprint density at radius 3 is 2.89 bits per heavy atom. The topological polar surface area (TPSA) is 28.4 Å². The van der Waals surface area contributed by atoms with Gasteiger partial charge in [0.15, 0.2) is 0 Å². The molecule has 1 aliphatic heterocycles. The molecule has 0 bridgehead atoms. The number of likely N-dealkylation sites (tertiary alicyclic amines) is 1. The second-order valence-electron chi connectivity index (χ2n) is 6.58. The van der Waals surface area contributed by atoms with Crippen LogP contribution in [0.1, 0.15) is 50.7 Å². The van der Waals surface area contributed by atoms with Gasteiger partial charge in [-0.05, 0) is 49.9 Å². The lowest BCUT2D eigenvalue weighted by Crippen LogP contribution is -2.39. The second kappa shape index (κ2) is 6.10. The van der Waals surface area contributed by atoms with Gasteiger partial charge < -0.3 is 9.73 Å². The summed E-state index contributed by atoms with van der Waals surface area (Å²) in [5.74, 6) is 2.20. The molecular weight excluding hydrogens is 236 g/mol. The van der Waals surface area contributed by atoms with Crippen molar-refractivity contribution < 1.29 is 4.42 Å². The minimum atomic E-state index is 0.451. The molecule has 1 N–H and O–H groups in total. The zero-order chi connectivity index (χ0) is 13.9. The summed E-state index contributed by atoms with van der Waals surface area (Å²) in [5.41, 5.74) is 1.72. The van der Waals surface area contributed by atoms with Crippen LogP contribution in [0, 0.1) is 12.3 Å². The summed E-state index contributed by atoms with van der Waals surface area (Å²) in [6, 6.07) is 2.20. The lowest BCUT2D eigenvalue weighted by atomic mass is 9.84. The first-order valence-corrected chi connectivity index (χ1v) is 7.51. The molecule has 1 fully saturated rings. The van der Waals surface area contributed by atoms with E-state index in [9.17, 15) is 0 Å². The van der Waals surface area contributed by atoms with Crippen LogP contribution in [0.5, 0.6) is 0 Å². The first kappa shape index (κ1) is 14.6. The third-order valence-corrected chi connectivity index (χ3v) is 3.97. The van der Waals surface area contributed by atoms with Crippen molar-refractivity contribution in [3.05, 3.63) is 23.2 Å². The standard InChI is InChI=1S/C16H28N2O/c1-5-17-10-15-13(2)9-14(19-15)11-18-8-6-7-16(3,4)12-18/h9,17H,5-8,10-12H2,1-4H3. The molecule has 0 aromatic carbocycles. The maximum absolute atomic E-state index is 5.98. The molecule has 1 saturated heterocycles. The SMILES string of the molecule is CCNCc1oc(CN2CCCC(C)(C)C2)cc1C. The number of rotatable bonds is 5. The van der Waals surface area contributed by atoms with Crippen LogP contribution < -0.4 is 5.32 Å². The fourth-order valence-electron chi connectivity index (χ4n) is 2.98. The average molecular weight is 264 g/mol. The highest BCUT2D eigenvalue weighted by Gasteiger charge is 2.26. The highest BCUT2D eigenvalue weighted by Crippen LogP contribution is 2.29. The molecule has 19 heavy (non-hydrogen) atoms. The van der Waals surface area contributed by atoms with Gasteiger partial charge in [-0.2, -0.15) is 0 Å². The van der Waals surface area contributed by atoms with Crippen LogP contribution in [0.2, 0.25) is 0 Å². The number of hydrogen-bond acceptors (Lipinski definition) is 3. The van der Waals surface area contributed by atoms with Crippen LogP contribution in [0.15, 0.2) is 10.5 Å². The van der Waals surface area contributed by atoms with E-state index in [0.717, 1.165) is 31.2 Å². The first-order chi connectivity index (χ1) is 9.00. The Bertz CT molecular complexity index is 409. The van der Waals surface area contributed by atoms with E-state index in [2.05, 4.69) is 44.0 Å². The summed E-state index contributed by atoms with van der Waals surface area (Å²) in [5, 5.41) is 3.33. The zero-order valence-electron chi connectivity index (χ0n) is 12.9. The maximum atomic E-state index is 5.98. The summed E-state index contributed by atoms with van der Waals surface area (Å²) in [6.45, 7) is 14.1. The van der Waals surface area contributed by atoms with Crippen molar-refractivity contribution in [2.45, 2.75) is 53.6 Å². The molecule has 1 aromatic rings. The molecule has 0 amide bonds. The van der Waals surface area contributed by atoms with E-state index in [1.165, 1.54) is 31.5 Å². The molecule has 0 saturated carbocycles. The van der Waals surface area contributed by atoms with Crippen LogP contribution in [0.25, 0.3) is 0 Å². The van der Waals surface area contributed by atoms with Gasteiger partial charge in [0.1, 0.15) is 11.5 Å². The smallest absolute Gasteiger partial charge is 0.120 e. The monoisotopic (exact) mass is 264 g/mol. The molecule has 1 aromatic heterocycles. The Morgan fingerprint density at radius 1 is 1.42 bits per heavy atom. The molecule has 2 heterocycles. The lowest BCUT2D eigenvalue weighted by Gasteiger charge is -2.37. The number of nitrogens with one attached hydrogen (secondary N) is 1. The van der Waals surface area contributed by atoms with Crippen LogP contribution in [-0.2, 0) is 13.1 Å². The number of furan rings is 1. The van der Waals surface area contributed by atoms with Crippen molar-refractivity contribution >= 4 is 0 Å². The number of aryl methyl sites for hydroxylation is 1. The van der Waals surface area contributed by atoms with E-state index in [1.807, 2.05) is 0 Å². The Kier molecular flexibility index (Phi) is 4.69. The predicted octanol–water partition coefficient (Wildman–Crippen LogP) is 3.32. The molecule has 108 valence electrons. The van der Waals surface area contributed by atoms with E-state index in [4.69, 9.17) is 4.42 Å². The van der Waals surface area contributed by atoms with Crippen LogP contribution >= 0.6 is 0 Å². The highest BCUT2D eigenvalue weighted by molar-refractivity contribution is 5.20. The number of nitrogens with zero attached hydrogens (tertiary/aromatic N) is 1. The van der Waals surface area contributed by atoms with Crippen LogP contribution in [0.4, 0.5) is 0 Å². The minimum absolute atomic E-state index is 0.451. The summed E-state index contributed by atoms with van der Waals surface area (Å²) in [4.78, 5) is 2.53. The second-order valence-corrected chi connectivity index (χ2v) is 6.58. The summed E-state index contributed by atoms with van der Waals surface area (Å²) >= 11 is 0. The first-order valence-electron chi connectivity index (χ1n) is 7.51. The summed E-state index contributed by atoms with van der Waals surface area (Å²) < 4.78 is 5.98. The molecule has 3 nitrogen and oxygen atoms in total. The third kappa shape index (κ3) is 4.08. The molecule has 3 heteroatoms. The van der Waals surface area contributed by atoms with E-state index in [0.29, 0.717) is 5.41 Å². The predicted molar refractivity (Wildman–Crippen MR) is 79.1 cm³/mol. The van der Waals surface area contributed by atoms with Crippen molar-refractivity contribution in [3.63, 3.8) is 0 Å². The number of piperidine rings is 1. The molecule has 0 atom stereocenters. The van der Waals surface area contributed by atoms with Gasteiger partial charge in [0.25, 0.3) is 0 Å². The third-order valence-electron chi connectivity index (χ3n) is 3.97. The van der Waals surface area contributed by atoms with Crippen LogP contribution in [-0.4, -0.2) is 24.5 Å². The van der Waals surface area contributed by atoms with Crippen molar-refractivity contribution in [3.8, 4) is 0 Å². The Balaban J connectivity index is 1.95.